The molecule has 4 aliphatic carbocycles. The molecule has 0 bridgehead atoms. The summed E-state index contributed by atoms with van der Waals surface area (Å²) in [5, 5.41) is 9.28. The summed E-state index contributed by atoms with van der Waals surface area (Å²) in [7, 11) is -1.67. The van der Waals surface area contributed by atoms with Crippen molar-refractivity contribution in [2.45, 2.75) is 117 Å². The highest BCUT2D eigenvalue weighted by atomic mass is 28.4. The van der Waals surface area contributed by atoms with Crippen LogP contribution in [0.25, 0.3) is 0 Å². The van der Waals surface area contributed by atoms with Gasteiger partial charge in [0.05, 0.1) is 6.10 Å². The lowest BCUT2D eigenvalue weighted by Gasteiger charge is -2.63. The third-order valence-electron chi connectivity index (χ3n) is 10.7. The lowest BCUT2D eigenvalue weighted by molar-refractivity contribution is -0.163. The van der Waals surface area contributed by atoms with Gasteiger partial charge < -0.3 is 9.53 Å². The molecule has 4 heteroatoms. The Labute approximate surface area is 192 Å². The molecule has 1 N–H and O–H groups in total. The van der Waals surface area contributed by atoms with Gasteiger partial charge in [-0.1, -0.05) is 33.6 Å². The quantitative estimate of drug-likeness (QED) is 0.431. The van der Waals surface area contributed by atoms with Crippen LogP contribution in [0.1, 0.15) is 91.4 Å². The number of carboxylic acid groups (broad SMARTS) is 1. The van der Waals surface area contributed by atoms with Crippen molar-refractivity contribution >= 4 is 14.3 Å². The largest absolute Gasteiger partial charge is 0.481 e. The molecule has 0 aromatic heterocycles. The van der Waals surface area contributed by atoms with E-state index in [0.29, 0.717) is 29.8 Å². The topological polar surface area (TPSA) is 46.5 Å². The second-order valence-corrected chi connectivity index (χ2v) is 17.8. The molecule has 0 amide bonds. The Morgan fingerprint density at radius 2 is 1.81 bits per heavy atom. The van der Waals surface area contributed by atoms with Gasteiger partial charge in [0.2, 0.25) is 0 Å². The molecule has 0 radical (unpaired) electrons. The number of rotatable bonds is 6. The maximum Gasteiger partial charge on any atom is 0.303 e. The van der Waals surface area contributed by atoms with Crippen LogP contribution >= 0.6 is 0 Å². The van der Waals surface area contributed by atoms with E-state index in [1.54, 1.807) is 0 Å². The summed E-state index contributed by atoms with van der Waals surface area (Å²) in [5.41, 5.74) is 0.744. The fourth-order valence-electron chi connectivity index (χ4n) is 9.35. The lowest BCUT2D eigenvalue weighted by Crippen LogP contribution is -2.60. The molecule has 4 fully saturated rings. The minimum absolute atomic E-state index is 0.219. The van der Waals surface area contributed by atoms with Gasteiger partial charge in [0.25, 0.3) is 0 Å². The monoisotopic (exact) mass is 448 g/mol. The Morgan fingerprint density at radius 1 is 1.06 bits per heavy atom. The van der Waals surface area contributed by atoms with Crippen molar-refractivity contribution in [1.29, 1.82) is 0 Å². The summed E-state index contributed by atoms with van der Waals surface area (Å²) in [6, 6.07) is 0. The fourth-order valence-corrected chi connectivity index (χ4v) is 10.6. The molecule has 3 nitrogen and oxygen atoms in total. The average Bonchev–Trinajstić information content (AvgIpc) is 3.04. The smallest absolute Gasteiger partial charge is 0.303 e. The summed E-state index contributed by atoms with van der Waals surface area (Å²) in [4.78, 5) is 11.3. The molecule has 0 saturated heterocycles. The molecular weight excluding hydrogens is 400 g/mol. The Bertz CT molecular complexity index is 672. The van der Waals surface area contributed by atoms with E-state index in [2.05, 4.69) is 40.4 Å². The van der Waals surface area contributed by atoms with Gasteiger partial charge in [-0.15, -0.1) is 0 Å². The average molecular weight is 449 g/mol. The standard InChI is InChI=1S/C27H48O3Si/c1-18(10-15-25(28)29)21-13-14-22-20-12-11-19-9-7-8-16-26(19,2)23(20)17-24(27(21,22)3)30-31(4,5)6/h18-24H,7-17H2,1-6H3,(H,28,29)/t18-,19+,20+,21-,22+,23+,24+,26+,27-/m1/s1. The Morgan fingerprint density at radius 3 is 2.48 bits per heavy atom. The minimum Gasteiger partial charge on any atom is -0.481 e. The normalized spacial score (nSPS) is 46.0. The van der Waals surface area contributed by atoms with Crippen molar-refractivity contribution in [2.75, 3.05) is 0 Å². The molecule has 9 atom stereocenters. The van der Waals surface area contributed by atoms with Crippen LogP contribution in [0.15, 0.2) is 0 Å². The summed E-state index contributed by atoms with van der Waals surface area (Å²) >= 11 is 0. The van der Waals surface area contributed by atoms with Crippen LogP contribution in [0.4, 0.5) is 0 Å². The van der Waals surface area contributed by atoms with E-state index >= 15 is 0 Å². The molecule has 0 aromatic rings. The molecule has 4 saturated carbocycles. The van der Waals surface area contributed by atoms with Crippen LogP contribution in [0.3, 0.4) is 0 Å². The molecule has 0 unspecified atom stereocenters. The second-order valence-electron chi connectivity index (χ2n) is 13.3. The van der Waals surface area contributed by atoms with Gasteiger partial charge in [0.1, 0.15) is 0 Å². The van der Waals surface area contributed by atoms with Crippen molar-refractivity contribution in [2.24, 2.45) is 46.3 Å². The van der Waals surface area contributed by atoms with Crippen LogP contribution in [-0.4, -0.2) is 25.5 Å². The zero-order valence-electron chi connectivity index (χ0n) is 21.1. The van der Waals surface area contributed by atoms with Crippen molar-refractivity contribution in [3.63, 3.8) is 0 Å². The zero-order valence-corrected chi connectivity index (χ0v) is 22.1. The Kier molecular flexibility index (Phi) is 6.49. The molecular formula is C27H48O3Si. The first-order valence-electron chi connectivity index (χ1n) is 13.4. The first-order valence-corrected chi connectivity index (χ1v) is 16.8. The van der Waals surface area contributed by atoms with Crippen LogP contribution in [-0.2, 0) is 9.22 Å². The van der Waals surface area contributed by atoms with E-state index in [1.807, 2.05) is 0 Å². The zero-order chi connectivity index (χ0) is 22.6. The van der Waals surface area contributed by atoms with Crippen LogP contribution in [0.5, 0.6) is 0 Å². The number of hydrogen-bond donors (Lipinski definition) is 1. The molecule has 178 valence electrons. The van der Waals surface area contributed by atoms with Gasteiger partial charge in [0, 0.05) is 6.42 Å². The number of carboxylic acids is 1. The SMILES string of the molecule is C[C@H](CCC(=O)O)[C@H]1CC[C@H]2[C@@H]3CC[C@@H]4CCCC[C@]4(C)[C@H]3C[C@H](O[Si](C)(C)C)[C@]12C. The Balaban J connectivity index is 1.66. The Hall–Kier alpha value is -0.353. The fraction of sp³-hybridized carbons (Fsp3) is 0.963. The van der Waals surface area contributed by atoms with Crippen molar-refractivity contribution in [1.82, 2.24) is 0 Å². The lowest BCUT2D eigenvalue weighted by atomic mass is 9.44. The molecule has 0 heterocycles. The van der Waals surface area contributed by atoms with Crippen LogP contribution < -0.4 is 0 Å². The van der Waals surface area contributed by atoms with E-state index in [9.17, 15) is 9.90 Å². The summed E-state index contributed by atoms with van der Waals surface area (Å²) in [6.45, 7) is 14.6. The predicted molar refractivity (Wildman–Crippen MR) is 129 cm³/mol. The van der Waals surface area contributed by atoms with Gasteiger partial charge >= 0.3 is 5.97 Å². The third kappa shape index (κ3) is 4.18. The van der Waals surface area contributed by atoms with Crippen LogP contribution in [0, 0.1) is 46.3 Å². The van der Waals surface area contributed by atoms with Gasteiger partial charge in [-0.3, -0.25) is 4.79 Å². The van der Waals surface area contributed by atoms with Gasteiger partial charge in [-0.2, -0.15) is 0 Å². The second kappa shape index (κ2) is 8.45. The van der Waals surface area contributed by atoms with E-state index in [-0.39, 0.29) is 5.41 Å². The maximum absolute atomic E-state index is 11.3. The molecule has 4 aliphatic rings. The number of aliphatic carboxylic acids is 1. The number of carbonyl (C=O) groups is 1. The van der Waals surface area contributed by atoms with Gasteiger partial charge in [-0.05, 0) is 117 Å². The molecule has 0 spiro atoms. The summed E-state index contributed by atoms with van der Waals surface area (Å²) in [6.07, 6.45) is 14.0. The van der Waals surface area contributed by atoms with Crippen LogP contribution in [0.2, 0.25) is 19.6 Å². The van der Waals surface area contributed by atoms with E-state index in [0.717, 1.165) is 30.1 Å². The predicted octanol–water partition coefficient (Wildman–Crippen LogP) is 7.37. The van der Waals surface area contributed by atoms with Gasteiger partial charge in [0.15, 0.2) is 8.32 Å². The van der Waals surface area contributed by atoms with Crippen molar-refractivity contribution in [3.8, 4) is 0 Å². The van der Waals surface area contributed by atoms with Gasteiger partial charge in [-0.25, -0.2) is 0 Å². The first-order chi connectivity index (χ1) is 14.5. The molecule has 0 aromatic carbocycles. The highest BCUT2D eigenvalue weighted by molar-refractivity contribution is 6.69. The number of fused-ring (bicyclic) bond motifs is 5. The molecule has 31 heavy (non-hydrogen) atoms. The van der Waals surface area contributed by atoms with Crippen molar-refractivity contribution in [3.05, 3.63) is 0 Å². The highest BCUT2D eigenvalue weighted by Crippen LogP contribution is 2.69. The first kappa shape index (κ1) is 23.8. The van der Waals surface area contributed by atoms with E-state index < -0.39 is 14.3 Å². The summed E-state index contributed by atoms with van der Waals surface area (Å²) < 4.78 is 7.10. The number of hydrogen-bond acceptors (Lipinski definition) is 2. The third-order valence-corrected chi connectivity index (χ3v) is 11.7. The maximum atomic E-state index is 11.3. The molecule has 0 aliphatic heterocycles. The molecule has 4 rings (SSSR count). The highest BCUT2D eigenvalue weighted by Gasteiger charge is 2.64. The van der Waals surface area contributed by atoms with E-state index in [1.165, 1.54) is 57.8 Å². The van der Waals surface area contributed by atoms with Crippen molar-refractivity contribution < 1.29 is 14.3 Å². The minimum atomic E-state index is -1.67. The summed E-state index contributed by atoms with van der Waals surface area (Å²) in [5.74, 6) is 3.83. The van der Waals surface area contributed by atoms with E-state index in [4.69, 9.17) is 4.43 Å².